The Morgan fingerprint density at radius 2 is 0.684 bits per heavy atom. The summed E-state index contributed by atoms with van der Waals surface area (Å²) in [5.41, 5.74) is 0. The minimum absolute atomic E-state index is 1.05. The standard InChI is InChI=1S/C6H12N2.6FHO3S/c1-3-8-5-4-7(2)6-8;6*1-5(2,3)4/h4-5H,3,6H2,1-2H3;6*(H,2,3,4). The van der Waals surface area contributed by atoms with Crippen molar-refractivity contribution in [2.75, 3.05) is 20.3 Å². The molecule has 0 saturated carbocycles. The van der Waals surface area contributed by atoms with Gasteiger partial charge < -0.3 is 9.80 Å². The van der Waals surface area contributed by atoms with Gasteiger partial charge in [-0.2, -0.15) is 50.5 Å². The smallest absolute Gasteiger partial charge is 0.362 e. The van der Waals surface area contributed by atoms with Gasteiger partial charge in [0.2, 0.25) is 0 Å². The molecule has 38 heavy (non-hydrogen) atoms. The van der Waals surface area contributed by atoms with Crippen molar-refractivity contribution in [3.63, 3.8) is 0 Å². The van der Waals surface area contributed by atoms with Crippen LogP contribution in [0.3, 0.4) is 0 Å². The molecule has 20 nitrogen and oxygen atoms in total. The van der Waals surface area contributed by atoms with Crippen LogP contribution in [0.5, 0.6) is 0 Å². The third-order valence-corrected chi connectivity index (χ3v) is 1.34. The van der Waals surface area contributed by atoms with Crippen molar-refractivity contribution >= 4 is 63.0 Å². The summed E-state index contributed by atoms with van der Waals surface area (Å²) in [5.74, 6) is 0. The quantitative estimate of drug-likeness (QED) is 0.110. The molecule has 1 heterocycles. The molecule has 238 valence electrons. The number of rotatable bonds is 1. The summed E-state index contributed by atoms with van der Waals surface area (Å²) in [5, 5.41) is 0. The van der Waals surface area contributed by atoms with Crippen molar-refractivity contribution in [1.82, 2.24) is 9.80 Å². The van der Waals surface area contributed by atoms with Gasteiger partial charge in [0.15, 0.2) is 0 Å². The summed E-state index contributed by atoms with van der Waals surface area (Å²) in [6, 6.07) is 0. The normalized spacial score (nSPS) is 13.0. The lowest BCUT2D eigenvalue weighted by Gasteiger charge is -2.14. The second kappa shape index (κ2) is 21.2. The Bertz CT molecular complexity index is 1010. The molecule has 1 rings (SSSR count). The minimum Gasteiger partial charge on any atom is -0.362 e. The van der Waals surface area contributed by atoms with Crippen LogP contribution in [0.15, 0.2) is 12.4 Å². The molecular formula is C6H18F6N2O18S6. The lowest BCUT2D eigenvalue weighted by Crippen LogP contribution is -2.21. The van der Waals surface area contributed by atoms with Crippen LogP contribution in [0.4, 0.5) is 23.3 Å². The maximum Gasteiger partial charge on any atom is 0.435 e. The summed E-state index contributed by atoms with van der Waals surface area (Å²) in [7, 11) is -28.9. The van der Waals surface area contributed by atoms with Crippen molar-refractivity contribution in [1.29, 1.82) is 0 Å². The molecule has 1 aliphatic rings. The Labute approximate surface area is 213 Å². The number of halogens is 6. The average Bonchev–Trinajstić information content (AvgIpc) is 2.82. The van der Waals surface area contributed by atoms with Crippen LogP contribution in [0, 0.1) is 0 Å². The summed E-state index contributed by atoms with van der Waals surface area (Å²) in [6.45, 7) is 4.32. The Hall–Kier alpha value is -1.62. The SMILES string of the molecule is CCN1C=CN(C)C1.O=S(=O)(O)F.O=S(=O)(O)F.O=S(=O)(O)F.O=S(=O)(O)F.O=S(=O)(O)F.O=S(=O)(O)F. The van der Waals surface area contributed by atoms with E-state index in [0.29, 0.717) is 0 Å². The molecule has 0 aromatic rings. The number of nitrogens with zero attached hydrogens (tertiary/aromatic N) is 2. The van der Waals surface area contributed by atoms with E-state index in [1.165, 1.54) is 0 Å². The Morgan fingerprint density at radius 3 is 0.737 bits per heavy atom. The number of hydrogen-bond donors (Lipinski definition) is 6. The van der Waals surface area contributed by atoms with Gasteiger partial charge in [-0.15, -0.1) is 0 Å². The zero-order valence-corrected chi connectivity index (χ0v) is 22.7. The van der Waals surface area contributed by atoms with Crippen LogP contribution in [0.25, 0.3) is 0 Å². The van der Waals surface area contributed by atoms with Gasteiger partial charge >= 0.3 is 63.0 Å². The minimum atomic E-state index is -5.17. The first-order valence-corrected chi connectivity index (χ1v) is 15.0. The topological polar surface area (TPSA) is 333 Å². The first kappa shape index (κ1) is 49.3. The monoisotopic (exact) mass is 712 g/mol. The fourth-order valence-electron chi connectivity index (χ4n) is 0.794. The highest BCUT2D eigenvalue weighted by Crippen LogP contribution is 2.00. The zero-order valence-electron chi connectivity index (χ0n) is 17.8. The van der Waals surface area contributed by atoms with Gasteiger partial charge in [-0.1, -0.05) is 23.3 Å². The highest BCUT2D eigenvalue weighted by atomic mass is 32.3. The summed E-state index contributed by atoms with van der Waals surface area (Å²) in [6.07, 6.45) is 4.20. The molecule has 0 aromatic heterocycles. The maximum atomic E-state index is 10.2. The van der Waals surface area contributed by atoms with E-state index in [1.54, 1.807) is 0 Å². The number of hydrogen-bond acceptors (Lipinski definition) is 14. The second-order valence-corrected chi connectivity index (χ2v) is 9.52. The first-order valence-electron chi connectivity index (χ1n) is 6.97. The fraction of sp³-hybridized carbons (Fsp3) is 0.667. The molecule has 0 saturated heterocycles. The molecule has 0 aliphatic carbocycles. The van der Waals surface area contributed by atoms with Crippen molar-refractivity contribution < 1.29 is 101 Å². The molecule has 0 amide bonds. The van der Waals surface area contributed by atoms with Crippen LogP contribution in [-0.4, -0.2) is 108 Å². The lowest BCUT2D eigenvalue weighted by molar-refractivity contribution is 0.308. The van der Waals surface area contributed by atoms with Gasteiger partial charge in [-0.05, 0) is 6.92 Å². The molecule has 0 spiro atoms. The maximum absolute atomic E-state index is 10.2. The Balaban J connectivity index is -0.0000000795. The van der Waals surface area contributed by atoms with Gasteiger partial charge in [-0.3, -0.25) is 27.3 Å². The molecule has 0 radical (unpaired) electrons. The van der Waals surface area contributed by atoms with Crippen LogP contribution in [-0.2, 0) is 63.0 Å². The van der Waals surface area contributed by atoms with Gasteiger partial charge in [0.25, 0.3) is 0 Å². The Morgan fingerprint density at radius 1 is 0.526 bits per heavy atom. The molecular weight excluding hydrogens is 694 g/mol. The highest BCUT2D eigenvalue weighted by Gasteiger charge is 2.03. The molecule has 1 aliphatic heterocycles. The molecule has 0 unspecified atom stereocenters. The van der Waals surface area contributed by atoms with E-state index >= 15 is 0 Å². The van der Waals surface area contributed by atoms with Gasteiger partial charge in [0, 0.05) is 26.0 Å². The van der Waals surface area contributed by atoms with Crippen molar-refractivity contribution in [3.05, 3.63) is 12.4 Å². The molecule has 0 atom stereocenters. The Kier molecular flexibility index (Phi) is 27.6. The van der Waals surface area contributed by atoms with Crippen molar-refractivity contribution in [3.8, 4) is 0 Å². The van der Waals surface area contributed by atoms with Crippen LogP contribution >= 0.6 is 0 Å². The molecule has 0 bridgehead atoms. The fourth-order valence-corrected chi connectivity index (χ4v) is 0.794. The molecule has 0 aromatic carbocycles. The predicted molar refractivity (Wildman–Crippen MR) is 110 cm³/mol. The van der Waals surface area contributed by atoms with Gasteiger partial charge in [0.1, 0.15) is 0 Å². The summed E-state index contributed by atoms with van der Waals surface area (Å²) in [4.78, 5) is 4.41. The lowest BCUT2D eigenvalue weighted by atomic mass is 10.6. The largest absolute Gasteiger partial charge is 0.435 e. The second-order valence-electron chi connectivity index (χ2n) is 4.57. The molecule has 6 N–H and O–H groups in total. The zero-order chi connectivity index (χ0) is 33.0. The highest BCUT2D eigenvalue weighted by molar-refractivity contribution is 7.81. The van der Waals surface area contributed by atoms with Crippen LogP contribution in [0.2, 0.25) is 0 Å². The molecule has 0 fully saturated rings. The molecule has 32 heteroatoms. The summed E-state index contributed by atoms with van der Waals surface area (Å²) >= 11 is 0. The van der Waals surface area contributed by atoms with E-state index < -0.39 is 63.0 Å². The predicted octanol–water partition coefficient (Wildman–Crippen LogP) is -0.765. The van der Waals surface area contributed by atoms with Crippen molar-refractivity contribution in [2.24, 2.45) is 0 Å². The third kappa shape index (κ3) is 435. The van der Waals surface area contributed by atoms with E-state index in [9.17, 15) is 23.3 Å². The average molecular weight is 713 g/mol. The van der Waals surface area contributed by atoms with Gasteiger partial charge in [0.05, 0.1) is 6.67 Å². The van der Waals surface area contributed by atoms with Crippen molar-refractivity contribution in [2.45, 2.75) is 6.92 Å². The van der Waals surface area contributed by atoms with E-state index in [4.69, 9.17) is 77.8 Å². The third-order valence-electron chi connectivity index (χ3n) is 1.34. The van der Waals surface area contributed by atoms with E-state index in [-0.39, 0.29) is 0 Å². The first-order chi connectivity index (χ1) is 15.8. The van der Waals surface area contributed by atoms with Crippen LogP contribution < -0.4 is 0 Å². The van der Waals surface area contributed by atoms with Crippen LogP contribution in [0.1, 0.15) is 6.92 Å². The van der Waals surface area contributed by atoms with E-state index in [2.05, 4.69) is 36.2 Å². The van der Waals surface area contributed by atoms with E-state index in [0.717, 1.165) is 13.2 Å². The van der Waals surface area contributed by atoms with E-state index in [1.807, 2.05) is 0 Å². The summed E-state index contributed by atoms with van der Waals surface area (Å²) < 4.78 is 204. The van der Waals surface area contributed by atoms with Gasteiger partial charge in [-0.25, -0.2) is 0 Å².